The second-order valence-corrected chi connectivity index (χ2v) is 6.87. The van der Waals surface area contributed by atoms with E-state index in [0.717, 1.165) is 52.8 Å². The first-order chi connectivity index (χ1) is 12.6. The molecule has 1 aliphatic heterocycles. The number of methoxy groups -OCH3 is 2. The monoisotopic (exact) mass is 389 g/mol. The molecule has 0 bridgehead atoms. The predicted molar refractivity (Wildman–Crippen MR) is 104 cm³/mol. The number of anilines is 1. The smallest absolute Gasteiger partial charge is 0.133 e. The number of halogens is 2. The summed E-state index contributed by atoms with van der Waals surface area (Å²) >= 11 is 12.3. The van der Waals surface area contributed by atoms with Crippen LogP contribution in [0.15, 0.2) is 36.4 Å². The number of nitrogens with one attached hydrogen (secondary N) is 1. The van der Waals surface area contributed by atoms with Crippen LogP contribution in [0, 0.1) is 0 Å². The Morgan fingerprint density at radius 3 is 2.23 bits per heavy atom. The van der Waals surface area contributed by atoms with E-state index in [0.29, 0.717) is 10.0 Å². The van der Waals surface area contributed by atoms with E-state index in [1.807, 2.05) is 35.0 Å². The van der Waals surface area contributed by atoms with Gasteiger partial charge < -0.3 is 14.8 Å². The lowest BCUT2D eigenvalue weighted by Crippen LogP contribution is -2.04. The number of hydrogen-bond acceptors (Lipinski definition) is 4. The van der Waals surface area contributed by atoms with Crippen molar-refractivity contribution in [2.75, 3.05) is 26.1 Å². The quantitative estimate of drug-likeness (QED) is 0.693. The fraction of sp³-hybridized carbons (Fsp3) is 0.211. The highest BCUT2D eigenvalue weighted by atomic mass is 35.5. The Bertz CT molecular complexity index is 943. The maximum Gasteiger partial charge on any atom is 0.133 e. The molecule has 5 nitrogen and oxygen atoms in total. The van der Waals surface area contributed by atoms with Gasteiger partial charge in [-0.3, -0.25) is 0 Å². The fourth-order valence-electron chi connectivity index (χ4n) is 3.20. The van der Waals surface area contributed by atoms with Crippen LogP contribution in [0.3, 0.4) is 0 Å². The van der Waals surface area contributed by atoms with Gasteiger partial charge in [0, 0.05) is 33.8 Å². The van der Waals surface area contributed by atoms with Crippen molar-refractivity contribution in [2.24, 2.45) is 0 Å². The summed E-state index contributed by atoms with van der Waals surface area (Å²) < 4.78 is 12.6. The van der Waals surface area contributed by atoms with Gasteiger partial charge in [0.15, 0.2) is 0 Å². The van der Waals surface area contributed by atoms with E-state index in [1.54, 1.807) is 20.3 Å². The van der Waals surface area contributed by atoms with E-state index in [-0.39, 0.29) is 0 Å². The standard InChI is InChI=1S/C19H17Cl2N3O2/c1-25-15-5-11(6-16(10-15)26-2)18-17-3-4-22-19(17)24(23-18)14-8-12(20)7-13(21)9-14/h5-10,22H,3-4H2,1-2H3. The summed E-state index contributed by atoms with van der Waals surface area (Å²) in [5.41, 5.74) is 3.79. The molecule has 0 amide bonds. The van der Waals surface area contributed by atoms with Crippen LogP contribution < -0.4 is 14.8 Å². The van der Waals surface area contributed by atoms with Gasteiger partial charge in [0.25, 0.3) is 0 Å². The molecule has 1 aliphatic rings. The van der Waals surface area contributed by atoms with E-state index in [2.05, 4.69) is 5.32 Å². The summed E-state index contributed by atoms with van der Waals surface area (Å²) in [7, 11) is 3.27. The third kappa shape index (κ3) is 2.97. The SMILES string of the molecule is COc1cc(OC)cc(-c2nn(-c3cc(Cl)cc(Cl)c3)c3c2CCN3)c1. The van der Waals surface area contributed by atoms with Crippen molar-refractivity contribution in [1.29, 1.82) is 0 Å². The topological polar surface area (TPSA) is 48.3 Å². The van der Waals surface area contributed by atoms with Gasteiger partial charge in [-0.05, 0) is 36.8 Å². The zero-order chi connectivity index (χ0) is 18.3. The second-order valence-electron chi connectivity index (χ2n) is 5.99. The highest BCUT2D eigenvalue weighted by Gasteiger charge is 2.25. The molecule has 4 rings (SSSR count). The van der Waals surface area contributed by atoms with Crippen LogP contribution in [0.25, 0.3) is 16.9 Å². The number of nitrogens with zero attached hydrogens (tertiary/aromatic N) is 2. The number of ether oxygens (including phenoxy) is 2. The van der Waals surface area contributed by atoms with Gasteiger partial charge in [-0.25, -0.2) is 4.68 Å². The molecule has 0 spiro atoms. The van der Waals surface area contributed by atoms with Crippen LogP contribution in [0.1, 0.15) is 5.56 Å². The first-order valence-electron chi connectivity index (χ1n) is 8.14. The molecule has 2 heterocycles. The van der Waals surface area contributed by atoms with Gasteiger partial charge >= 0.3 is 0 Å². The van der Waals surface area contributed by atoms with Crippen molar-refractivity contribution in [3.8, 4) is 28.4 Å². The van der Waals surface area contributed by atoms with Gasteiger partial charge in [-0.1, -0.05) is 23.2 Å². The van der Waals surface area contributed by atoms with E-state index in [4.69, 9.17) is 37.8 Å². The molecule has 0 atom stereocenters. The Morgan fingerprint density at radius 2 is 1.62 bits per heavy atom. The summed E-state index contributed by atoms with van der Waals surface area (Å²) in [6, 6.07) is 11.2. The number of fused-ring (bicyclic) bond motifs is 1. The summed E-state index contributed by atoms with van der Waals surface area (Å²) in [6.45, 7) is 0.857. The average molecular weight is 390 g/mol. The molecule has 0 saturated carbocycles. The number of benzene rings is 2. The lowest BCUT2D eigenvalue weighted by molar-refractivity contribution is 0.394. The Labute approximate surface area is 161 Å². The first-order valence-corrected chi connectivity index (χ1v) is 8.90. The number of rotatable bonds is 4. The highest BCUT2D eigenvalue weighted by Crippen LogP contribution is 2.38. The Balaban J connectivity index is 1.89. The van der Waals surface area contributed by atoms with Crippen LogP contribution in [0.5, 0.6) is 11.5 Å². The Morgan fingerprint density at radius 1 is 0.962 bits per heavy atom. The normalized spacial score (nSPS) is 12.6. The van der Waals surface area contributed by atoms with E-state index in [9.17, 15) is 0 Å². The highest BCUT2D eigenvalue weighted by molar-refractivity contribution is 6.34. The lowest BCUT2D eigenvalue weighted by atomic mass is 10.1. The van der Waals surface area contributed by atoms with Crippen molar-refractivity contribution in [2.45, 2.75) is 6.42 Å². The second kappa shape index (κ2) is 6.74. The van der Waals surface area contributed by atoms with Gasteiger partial charge in [-0.2, -0.15) is 5.10 Å². The summed E-state index contributed by atoms with van der Waals surface area (Å²) in [5, 5.41) is 9.37. The van der Waals surface area contributed by atoms with E-state index in [1.165, 1.54) is 0 Å². The van der Waals surface area contributed by atoms with Crippen molar-refractivity contribution < 1.29 is 9.47 Å². The van der Waals surface area contributed by atoms with Gasteiger partial charge in [0.2, 0.25) is 0 Å². The van der Waals surface area contributed by atoms with Crippen molar-refractivity contribution in [1.82, 2.24) is 9.78 Å². The van der Waals surface area contributed by atoms with Crippen LogP contribution in [-0.2, 0) is 6.42 Å². The fourth-order valence-corrected chi connectivity index (χ4v) is 3.71. The van der Waals surface area contributed by atoms with Crippen molar-refractivity contribution in [3.63, 3.8) is 0 Å². The molecular formula is C19H17Cl2N3O2. The maximum absolute atomic E-state index is 6.17. The first kappa shape index (κ1) is 17.1. The minimum atomic E-state index is 0.569. The number of aromatic nitrogens is 2. The lowest BCUT2D eigenvalue weighted by Gasteiger charge is -2.08. The Kier molecular flexibility index (Phi) is 4.42. The largest absolute Gasteiger partial charge is 0.497 e. The van der Waals surface area contributed by atoms with Crippen LogP contribution in [0.4, 0.5) is 5.82 Å². The van der Waals surface area contributed by atoms with Crippen molar-refractivity contribution in [3.05, 3.63) is 52.0 Å². The van der Waals surface area contributed by atoms with Crippen LogP contribution in [-0.4, -0.2) is 30.5 Å². The molecule has 3 aromatic rings. The third-order valence-corrected chi connectivity index (χ3v) is 4.80. The van der Waals surface area contributed by atoms with Crippen LogP contribution >= 0.6 is 23.2 Å². The molecule has 1 N–H and O–H groups in total. The molecule has 0 fully saturated rings. The third-order valence-electron chi connectivity index (χ3n) is 4.37. The van der Waals surface area contributed by atoms with Crippen LogP contribution in [0.2, 0.25) is 10.0 Å². The molecule has 0 saturated heterocycles. The number of hydrogen-bond donors (Lipinski definition) is 1. The van der Waals surface area contributed by atoms with Gasteiger partial charge in [0.1, 0.15) is 17.3 Å². The van der Waals surface area contributed by atoms with E-state index < -0.39 is 0 Å². The molecule has 0 aliphatic carbocycles. The maximum atomic E-state index is 6.17. The van der Waals surface area contributed by atoms with Crippen molar-refractivity contribution >= 4 is 29.0 Å². The van der Waals surface area contributed by atoms with Gasteiger partial charge in [-0.15, -0.1) is 0 Å². The molecule has 0 radical (unpaired) electrons. The predicted octanol–water partition coefficient (Wildman–Crippen LogP) is 4.83. The van der Waals surface area contributed by atoms with E-state index >= 15 is 0 Å². The molecule has 7 heteroatoms. The minimum Gasteiger partial charge on any atom is -0.497 e. The summed E-state index contributed by atoms with van der Waals surface area (Å²) in [4.78, 5) is 0. The molecule has 0 unspecified atom stereocenters. The molecular weight excluding hydrogens is 373 g/mol. The zero-order valence-corrected chi connectivity index (χ0v) is 15.9. The molecule has 134 valence electrons. The molecule has 2 aromatic carbocycles. The summed E-state index contributed by atoms with van der Waals surface area (Å²) in [5.74, 6) is 2.40. The minimum absolute atomic E-state index is 0.569. The molecule has 1 aromatic heterocycles. The zero-order valence-electron chi connectivity index (χ0n) is 14.3. The van der Waals surface area contributed by atoms with Gasteiger partial charge in [0.05, 0.1) is 25.6 Å². The summed E-state index contributed by atoms with van der Waals surface area (Å²) in [6.07, 6.45) is 0.887. The molecule has 26 heavy (non-hydrogen) atoms. The average Bonchev–Trinajstić information content (AvgIpc) is 3.22. The Hall–Kier alpha value is -2.37.